The molecule has 1 heterocycles. The minimum atomic E-state index is -0.769. The number of hydrogen-bond acceptors (Lipinski definition) is 4. The molecule has 0 spiro atoms. The lowest BCUT2D eigenvalue weighted by atomic mass is 10.3. The Balaban J connectivity index is 1.73. The number of nitrogens with two attached hydrogens (primary N) is 1. The number of aliphatic hydroxyl groups is 1. The van der Waals surface area contributed by atoms with Gasteiger partial charge in [-0.3, -0.25) is 4.99 Å². The van der Waals surface area contributed by atoms with E-state index in [2.05, 4.69) is 4.99 Å². The molecule has 1 fully saturated rings. The van der Waals surface area contributed by atoms with Crippen LogP contribution < -0.4 is 10.5 Å². The van der Waals surface area contributed by atoms with Gasteiger partial charge in [-0.25, -0.2) is 4.39 Å². The molecule has 0 bridgehead atoms. The topological polar surface area (TPSA) is 80.3 Å². The van der Waals surface area contributed by atoms with Crippen molar-refractivity contribution in [1.29, 1.82) is 0 Å². The van der Waals surface area contributed by atoms with Crippen LogP contribution in [0.25, 0.3) is 0 Å². The van der Waals surface area contributed by atoms with Crippen LogP contribution >= 0.6 is 0 Å². The van der Waals surface area contributed by atoms with E-state index in [0.29, 0.717) is 38.0 Å². The number of ether oxygens (including phenoxy) is 2. The number of guanidine groups is 1. The second kappa shape index (κ2) is 7.80. The Kier molecular flexibility index (Phi) is 5.77. The zero-order chi connectivity index (χ0) is 15.1. The van der Waals surface area contributed by atoms with Crippen LogP contribution in [0.3, 0.4) is 0 Å². The van der Waals surface area contributed by atoms with E-state index in [-0.39, 0.29) is 19.0 Å². The number of aliphatic hydroxyl groups excluding tert-OH is 1. The summed E-state index contributed by atoms with van der Waals surface area (Å²) < 4.78 is 23.3. The second-order valence-electron chi connectivity index (χ2n) is 4.72. The number of morpholine rings is 1. The molecular weight excluding hydrogens is 277 g/mol. The maximum absolute atomic E-state index is 12.7. The van der Waals surface area contributed by atoms with Gasteiger partial charge >= 0.3 is 0 Å². The zero-order valence-corrected chi connectivity index (χ0v) is 11.7. The first kappa shape index (κ1) is 15.5. The van der Waals surface area contributed by atoms with E-state index in [4.69, 9.17) is 15.2 Å². The van der Waals surface area contributed by atoms with Crippen molar-refractivity contribution in [2.24, 2.45) is 10.7 Å². The van der Waals surface area contributed by atoms with Crippen LogP contribution in [0.4, 0.5) is 4.39 Å². The van der Waals surface area contributed by atoms with Crippen LogP contribution in [0.2, 0.25) is 0 Å². The highest BCUT2D eigenvalue weighted by Crippen LogP contribution is 2.11. The quantitative estimate of drug-likeness (QED) is 0.600. The highest BCUT2D eigenvalue weighted by molar-refractivity contribution is 5.78. The van der Waals surface area contributed by atoms with Crippen LogP contribution in [0.15, 0.2) is 29.3 Å². The Morgan fingerprint density at radius 3 is 2.71 bits per heavy atom. The lowest BCUT2D eigenvalue weighted by Gasteiger charge is -2.27. The number of halogens is 1. The summed E-state index contributed by atoms with van der Waals surface area (Å²) in [4.78, 5) is 6.06. The summed E-state index contributed by atoms with van der Waals surface area (Å²) in [5.41, 5.74) is 5.85. The fraction of sp³-hybridized carbons (Fsp3) is 0.500. The predicted molar refractivity (Wildman–Crippen MR) is 76.8 cm³/mol. The van der Waals surface area contributed by atoms with Gasteiger partial charge in [0.1, 0.15) is 24.3 Å². The van der Waals surface area contributed by atoms with E-state index in [1.807, 2.05) is 4.90 Å². The lowest BCUT2D eigenvalue weighted by molar-refractivity contribution is 0.0670. The molecule has 6 nitrogen and oxygen atoms in total. The molecule has 3 N–H and O–H groups in total. The van der Waals surface area contributed by atoms with Gasteiger partial charge in [0.15, 0.2) is 5.96 Å². The SMILES string of the molecule is NC(=NCC(O)COc1ccc(F)cc1)N1CCOCC1. The number of hydrogen-bond donors (Lipinski definition) is 2. The predicted octanol–water partition coefficient (Wildman–Crippen LogP) is 0.212. The molecule has 1 unspecified atom stereocenters. The smallest absolute Gasteiger partial charge is 0.191 e. The highest BCUT2D eigenvalue weighted by Gasteiger charge is 2.13. The van der Waals surface area contributed by atoms with Gasteiger partial charge in [-0.1, -0.05) is 0 Å². The zero-order valence-electron chi connectivity index (χ0n) is 11.7. The summed E-state index contributed by atoms with van der Waals surface area (Å²) in [6.07, 6.45) is -0.769. The molecule has 116 valence electrons. The van der Waals surface area contributed by atoms with E-state index in [1.54, 1.807) is 0 Å². The van der Waals surface area contributed by atoms with Gasteiger partial charge in [-0.05, 0) is 24.3 Å². The van der Waals surface area contributed by atoms with Crippen LogP contribution in [0.5, 0.6) is 5.75 Å². The third-order valence-corrected chi connectivity index (χ3v) is 3.06. The van der Waals surface area contributed by atoms with Gasteiger partial charge in [-0.2, -0.15) is 0 Å². The molecule has 2 rings (SSSR count). The van der Waals surface area contributed by atoms with Crippen molar-refractivity contribution in [2.75, 3.05) is 39.5 Å². The van der Waals surface area contributed by atoms with Crippen molar-refractivity contribution in [2.45, 2.75) is 6.10 Å². The average Bonchev–Trinajstić information content (AvgIpc) is 2.53. The third-order valence-electron chi connectivity index (χ3n) is 3.06. The van der Waals surface area contributed by atoms with Crippen molar-refractivity contribution < 1.29 is 19.0 Å². The van der Waals surface area contributed by atoms with Crippen molar-refractivity contribution >= 4 is 5.96 Å². The van der Waals surface area contributed by atoms with E-state index in [1.165, 1.54) is 24.3 Å². The first-order chi connectivity index (χ1) is 10.1. The summed E-state index contributed by atoms with van der Waals surface area (Å²) in [7, 11) is 0. The summed E-state index contributed by atoms with van der Waals surface area (Å²) in [5, 5.41) is 9.81. The molecule has 0 radical (unpaired) electrons. The second-order valence-corrected chi connectivity index (χ2v) is 4.72. The number of aliphatic imine (C=N–C) groups is 1. The van der Waals surface area contributed by atoms with E-state index in [0.717, 1.165) is 0 Å². The molecule has 0 amide bonds. The summed E-state index contributed by atoms with van der Waals surface area (Å²) in [6.45, 7) is 2.91. The molecule has 1 aliphatic rings. The van der Waals surface area contributed by atoms with Crippen LogP contribution in [0.1, 0.15) is 0 Å². The van der Waals surface area contributed by atoms with Crippen LogP contribution in [-0.2, 0) is 4.74 Å². The average molecular weight is 297 g/mol. The third kappa shape index (κ3) is 5.20. The Hall–Kier alpha value is -1.86. The molecule has 0 saturated carbocycles. The monoisotopic (exact) mass is 297 g/mol. The standard InChI is InChI=1S/C14H20FN3O3/c15-11-1-3-13(4-2-11)21-10-12(19)9-17-14(16)18-5-7-20-8-6-18/h1-4,12,19H,5-10H2,(H2,16,17). The van der Waals surface area contributed by atoms with Crippen LogP contribution in [-0.4, -0.2) is 61.5 Å². The number of benzene rings is 1. The Morgan fingerprint density at radius 1 is 1.38 bits per heavy atom. The van der Waals surface area contributed by atoms with Crippen molar-refractivity contribution in [3.63, 3.8) is 0 Å². The molecule has 1 aromatic rings. The molecule has 1 aliphatic heterocycles. The Morgan fingerprint density at radius 2 is 2.05 bits per heavy atom. The molecule has 21 heavy (non-hydrogen) atoms. The number of rotatable bonds is 5. The van der Waals surface area contributed by atoms with Gasteiger partial charge in [0, 0.05) is 13.1 Å². The van der Waals surface area contributed by atoms with E-state index >= 15 is 0 Å². The molecule has 0 aliphatic carbocycles. The fourth-order valence-corrected chi connectivity index (χ4v) is 1.87. The largest absolute Gasteiger partial charge is 0.491 e. The first-order valence-corrected chi connectivity index (χ1v) is 6.84. The first-order valence-electron chi connectivity index (χ1n) is 6.84. The van der Waals surface area contributed by atoms with Gasteiger partial charge in [-0.15, -0.1) is 0 Å². The summed E-state index contributed by atoms with van der Waals surface area (Å²) in [5.74, 6) is 0.575. The maximum Gasteiger partial charge on any atom is 0.191 e. The van der Waals surface area contributed by atoms with Gasteiger partial charge in [0.25, 0.3) is 0 Å². The molecular formula is C14H20FN3O3. The molecule has 0 aromatic heterocycles. The van der Waals surface area contributed by atoms with Crippen molar-refractivity contribution in [1.82, 2.24) is 4.90 Å². The minimum Gasteiger partial charge on any atom is -0.491 e. The summed E-state index contributed by atoms with van der Waals surface area (Å²) >= 11 is 0. The molecule has 1 saturated heterocycles. The Labute approximate surface area is 123 Å². The molecule has 1 aromatic carbocycles. The van der Waals surface area contributed by atoms with Gasteiger partial charge in [0.2, 0.25) is 0 Å². The van der Waals surface area contributed by atoms with Gasteiger partial charge < -0.3 is 25.2 Å². The minimum absolute atomic E-state index is 0.0749. The lowest BCUT2D eigenvalue weighted by Crippen LogP contribution is -2.45. The van der Waals surface area contributed by atoms with E-state index < -0.39 is 6.10 Å². The maximum atomic E-state index is 12.7. The normalized spacial score (nSPS) is 17.6. The summed E-state index contributed by atoms with van der Waals surface area (Å²) in [6, 6.07) is 5.62. The van der Waals surface area contributed by atoms with Gasteiger partial charge in [0.05, 0.1) is 19.8 Å². The highest BCUT2D eigenvalue weighted by atomic mass is 19.1. The van der Waals surface area contributed by atoms with Crippen molar-refractivity contribution in [3.8, 4) is 5.75 Å². The fourth-order valence-electron chi connectivity index (χ4n) is 1.87. The van der Waals surface area contributed by atoms with Crippen molar-refractivity contribution in [3.05, 3.63) is 30.1 Å². The Bertz CT molecular complexity index is 461. The number of nitrogens with zero attached hydrogens (tertiary/aromatic N) is 2. The van der Waals surface area contributed by atoms with Crippen LogP contribution in [0, 0.1) is 5.82 Å². The molecule has 7 heteroatoms. The molecule has 1 atom stereocenters. The van der Waals surface area contributed by atoms with E-state index in [9.17, 15) is 9.50 Å².